The Balaban J connectivity index is 1.86. The highest BCUT2D eigenvalue weighted by molar-refractivity contribution is 6.12. The van der Waals surface area contributed by atoms with Crippen molar-refractivity contribution < 1.29 is 34.8 Å². The number of aliphatic hydroxyl groups is 4. The molecule has 0 heterocycles. The van der Waals surface area contributed by atoms with Crippen LogP contribution in [0.15, 0.2) is 46.7 Å². The molecule has 0 aromatic carbocycles. The molecule has 136 valence electrons. The van der Waals surface area contributed by atoms with E-state index in [1.807, 2.05) is 0 Å². The SMILES string of the molecule is C[C@]1(O)CC(=O)C2=C(C=C(O)C3C(=O)C4C(O)=C(O)C=CC4C(=O)C23)C1. The lowest BCUT2D eigenvalue weighted by atomic mass is 9.58. The Labute approximate surface area is 148 Å². The van der Waals surface area contributed by atoms with E-state index in [1.165, 1.54) is 19.1 Å². The monoisotopic (exact) mass is 358 g/mol. The average Bonchev–Trinajstić information content (AvgIpc) is 2.52. The molecule has 5 atom stereocenters. The van der Waals surface area contributed by atoms with Crippen LogP contribution in [0.25, 0.3) is 0 Å². The Kier molecular flexibility index (Phi) is 3.34. The van der Waals surface area contributed by atoms with E-state index in [0.717, 1.165) is 6.08 Å². The van der Waals surface area contributed by atoms with Gasteiger partial charge >= 0.3 is 0 Å². The number of Topliss-reactive ketones (excluding diaryl/α,β-unsaturated/α-hetero) is 3. The van der Waals surface area contributed by atoms with Crippen molar-refractivity contribution in [2.24, 2.45) is 23.7 Å². The third-order valence-electron chi connectivity index (χ3n) is 5.67. The van der Waals surface area contributed by atoms with Gasteiger partial charge in [-0.1, -0.05) is 6.08 Å². The second-order valence-corrected chi connectivity index (χ2v) is 7.67. The third-order valence-corrected chi connectivity index (χ3v) is 5.67. The largest absolute Gasteiger partial charge is 0.512 e. The highest BCUT2D eigenvalue weighted by atomic mass is 16.3. The van der Waals surface area contributed by atoms with Gasteiger partial charge in [0.25, 0.3) is 0 Å². The number of ketones is 3. The molecule has 1 fully saturated rings. The van der Waals surface area contributed by atoms with E-state index in [-0.39, 0.29) is 24.2 Å². The van der Waals surface area contributed by atoms with Gasteiger partial charge in [0.05, 0.1) is 29.3 Å². The quantitative estimate of drug-likeness (QED) is 0.514. The lowest BCUT2D eigenvalue weighted by molar-refractivity contribution is -0.144. The number of carbonyl (C=O) groups is 3. The Morgan fingerprint density at radius 2 is 1.69 bits per heavy atom. The lowest BCUT2D eigenvalue weighted by Crippen LogP contribution is -2.53. The number of aliphatic hydroxyl groups excluding tert-OH is 3. The van der Waals surface area contributed by atoms with Crippen molar-refractivity contribution >= 4 is 17.3 Å². The first kappa shape index (κ1) is 16.8. The van der Waals surface area contributed by atoms with Crippen LogP contribution in [-0.4, -0.2) is 43.4 Å². The van der Waals surface area contributed by atoms with E-state index in [1.54, 1.807) is 0 Å². The predicted molar refractivity (Wildman–Crippen MR) is 88.0 cm³/mol. The third kappa shape index (κ3) is 2.13. The number of allylic oxidation sites excluding steroid dienone is 6. The summed E-state index contributed by atoms with van der Waals surface area (Å²) in [5.74, 6) is -7.62. The fourth-order valence-corrected chi connectivity index (χ4v) is 4.60. The van der Waals surface area contributed by atoms with E-state index >= 15 is 0 Å². The Hall–Kier alpha value is -2.67. The minimum Gasteiger partial charge on any atom is -0.512 e. The van der Waals surface area contributed by atoms with E-state index < -0.39 is 58.1 Å². The van der Waals surface area contributed by atoms with Crippen LogP contribution in [0, 0.1) is 23.7 Å². The van der Waals surface area contributed by atoms with E-state index in [0.29, 0.717) is 5.57 Å². The second-order valence-electron chi connectivity index (χ2n) is 7.67. The van der Waals surface area contributed by atoms with Gasteiger partial charge in [0.2, 0.25) is 0 Å². The molecular formula is C19H18O7. The van der Waals surface area contributed by atoms with Crippen LogP contribution < -0.4 is 0 Å². The number of hydrogen-bond acceptors (Lipinski definition) is 7. The maximum atomic E-state index is 13.1. The van der Waals surface area contributed by atoms with Crippen LogP contribution in [0.4, 0.5) is 0 Å². The highest BCUT2D eigenvalue weighted by Gasteiger charge is 2.57. The van der Waals surface area contributed by atoms with Crippen molar-refractivity contribution in [1.82, 2.24) is 0 Å². The molecule has 7 heteroatoms. The normalized spacial score (nSPS) is 39.5. The number of rotatable bonds is 0. The van der Waals surface area contributed by atoms with Crippen molar-refractivity contribution in [3.63, 3.8) is 0 Å². The molecule has 7 nitrogen and oxygen atoms in total. The predicted octanol–water partition coefficient (Wildman–Crippen LogP) is 1.37. The first-order valence-corrected chi connectivity index (χ1v) is 8.39. The van der Waals surface area contributed by atoms with Gasteiger partial charge in [-0.05, 0) is 24.6 Å². The van der Waals surface area contributed by atoms with Gasteiger partial charge in [-0.25, -0.2) is 0 Å². The molecule has 4 unspecified atom stereocenters. The topological polar surface area (TPSA) is 132 Å². The van der Waals surface area contributed by atoms with Crippen LogP contribution in [0.3, 0.4) is 0 Å². The van der Waals surface area contributed by atoms with Crippen molar-refractivity contribution in [3.05, 3.63) is 46.7 Å². The highest BCUT2D eigenvalue weighted by Crippen LogP contribution is 2.50. The van der Waals surface area contributed by atoms with Crippen molar-refractivity contribution in [2.45, 2.75) is 25.4 Å². The summed E-state index contributed by atoms with van der Waals surface area (Å²) < 4.78 is 0. The Bertz CT molecular complexity index is 884. The van der Waals surface area contributed by atoms with Crippen LogP contribution >= 0.6 is 0 Å². The van der Waals surface area contributed by atoms with Crippen LogP contribution in [0.1, 0.15) is 19.8 Å². The van der Waals surface area contributed by atoms with Crippen LogP contribution in [-0.2, 0) is 14.4 Å². The zero-order valence-corrected chi connectivity index (χ0v) is 14.0. The molecule has 26 heavy (non-hydrogen) atoms. The van der Waals surface area contributed by atoms with Gasteiger partial charge in [0, 0.05) is 18.4 Å². The van der Waals surface area contributed by atoms with E-state index in [9.17, 15) is 34.8 Å². The molecule has 0 aromatic rings. The molecule has 4 aliphatic rings. The van der Waals surface area contributed by atoms with Gasteiger partial charge in [-0.3, -0.25) is 14.4 Å². The average molecular weight is 358 g/mol. The molecule has 4 rings (SSSR count). The summed E-state index contributed by atoms with van der Waals surface area (Å²) >= 11 is 0. The molecule has 1 saturated carbocycles. The molecular weight excluding hydrogens is 340 g/mol. The first-order valence-electron chi connectivity index (χ1n) is 8.39. The second kappa shape index (κ2) is 5.17. The van der Waals surface area contributed by atoms with Crippen molar-refractivity contribution in [2.75, 3.05) is 0 Å². The molecule has 0 spiro atoms. The fourth-order valence-electron chi connectivity index (χ4n) is 4.60. The Morgan fingerprint density at radius 3 is 2.38 bits per heavy atom. The standard InChI is InChI=1S/C19H18O7/c1-19(26)5-7-4-10(21)14-15(12(7)11(22)6-19)16(23)8-2-3-9(20)17(24)13(8)18(14)25/h2-4,8,13-15,20-21,24,26H,5-6H2,1H3/t8?,13?,14?,15?,19-/m1/s1. The van der Waals surface area contributed by atoms with Gasteiger partial charge < -0.3 is 20.4 Å². The Morgan fingerprint density at radius 1 is 1.00 bits per heavy atom. The van der Waals surface area contributed by atoms with Gasteiger partial charge in [-0.2, -0.15) is 0 Å². The van der Waals surface area contributed by atoms with Gasteiger partial charge in [-0.15, -0.1) is 0 Å². The fraction of sp³-hybridized carbons (Fsp3) is 0.421. The molecule has 0 radical (unpaired) electrons. The van der Waals surface area contributed by atoms with Crippen LogP contribution in [0.5, 0.6) is 0 Å². The van der Waals surface area contributed by atoms with Gasteiger partial charge in [0.1, 0.15) is 17.3 Å². The summed E-state index contributed by atoms with van der Waals surface area (Å²) in [6.45, 7) is 1.50. The maximum Gasteiger partial charge on any atom is 0.162 e. The summed E-state index contributed by atoms with van der Waals surface area (Å²) in [5.41, 5.74) is -0.740. The molecule has 0 saturated heterocycles. The summed E-state index contributed by atoms with van der Waals surface area (Å²) in [5, 5.41) is 40.4. The van der Waals surface area contributed by atoms with E-state index in [4.69, 9.17) is 0 Å². The summed E-state index contributed by atoms with van der Waals surface area (Å²) in [6.07, 6.45) is 3.70. The van der Waals surface area contributed by atoms with Crippen molar-refractivity contribution in [1.29, 1.82) is 0 Å². The molecule has 0 aliphatic heterocycles. The summed E-state index contributed by atoms with van der Waals surface area (Å²) in [7, 11) is 0. The number of carbonyl (C=O) groups excluding carboxylic acids is 3. The molecule has 4 aliphatic carbocycles. The smallest absolute Gasteiger partial charge is 0.162 e. The first-order chi connectivity index (χ1) is 12.1. The minimum atomic E-state index is -1.28. The molecule has 0 amide bonds. The van der Waals surface area contributed by atoms with Crippen LogP contribution in [0.2, 0.25) is 0 Å². The minimum absolute atomic E-state index is 0.0959. The zero-order chi connectivity index (χ0) is 19.0. The summed E-state index contributed by atoms with van der Waals surface area (Å²) in [6, 6.07) is 0. The molecule has 0 bridgehead atoms. The van der Waals surface area contributed by atoms with Gasteiger partial charge in [0.15, 0.2) is 17.3 Å². The van der Waals surface area contributed by atoms with Crippen molar-refractivity contribution in [3.8, 4) is 0 Å². The number of hydrogen-bond donors (Lipinski definition) is 4. The zero-order valence-electron chi connectivity index (χ0n) is 14.0. The molecule has 4 N–H and O–H groups in total. The maximum absolute atomic E-state index is 13.1. The number of fused-ring (bicyclic) bond motifs is 3. The van der Waals surface area contributed by atoms with E-state index in [2.05, 4.69) is 0 Å². The lowest BCUT2D eigenvalue weighted by Gasteiger charge is -2.43. The molecule has 0 aromatic heterocycles. The summed E-state index contributed by atoms with van der Waals surface area (Å²) in [4.78, 5) is 38.7.